The zero-order valence-electron chi connectivity index (χ0n) is 13.5. The number of carbonyl (C=O) groups is 1. The van der Waals surface area contributed by atoms with Crippen LogP contribution in [-0.2, 0) is 18.4 Å². The van der Waals surface area contributed by atoms with Gasteiger partial charge in [-0.1, -0.05) is 12.1 Å². The third kappa shape index (κ3) is 3.49. The number of aromatic nitrogens is 5. The second kappa shape index (κ2) is 7.05. The van der Waals surface area contributed by atoms with Crippen LogP contribution in [0.5, 0.6) is 0 Å². The highest BCUT2D eigenvalue weighted by Crippen LogP contribution is 2.12. The SMILES string of the molecule is CNC(C(=O)NCc1cccc(-n2cncn2)c1)c1cnn(C)c1. The van der Waals surface area contributed by atoms with Gasteiger partial charge >= 0.3 is 0 Å². The maximum Gasteiger partial charge on any atom is 0.242 e. The van der Waals surface area contributed by atoms with Gasteiger partial charge in [-0.25, -0.2) is 9.67 Å². The minimum absolute atomic E-state index is 0.100. The van der Waals surface area contributed by atoms with Gasteiger partial charge in [-0.15, -0.1) is 0 Å². The summed E-state index contributed by atoms with van der Waals surface area (Å²) in [7, 11) is 3.58. The topological polar surface area (TPSA) is 89.7 Å². The number of carbonyl (C=O) groups excluding carboxylic acids is 1. The van der Waals surface area contributed by atoms with Gasteiger partial charge in [0.15, 0.2) is 0 Å². The first-order valence-electron chi connectivity index (χ1n) is 7.55. The molecule has 124 valence electrons. The van der Waals surface area contributed by atoms with E-state index >= 15 is 0 Å². The summed E-state index contributed by atoms with van der Waals surface area (Å²) in [6.45, 7) is 0.430. The largest absolute Gasteiger partial charge is 0.350 e. The molecule has 0 aliphatic carbocycles. The van der Waals surface area contributed by atoms with E-state index in [0.717, 1.165) is 16.8 Å². The third-order valence-electron chi connectivity index (χ3n) is 3.67. The average Bonchev–Trinajstić information content (AvgIpc) is 3.26. The molecule has 3 aromatic rings. The van der Waals surface area contributed by atoms with Crippen molar-refractivity contribution in [1.82, 2.24) is 35.2 Å². The van der Waals surface area contributed by atoms with Crippen molar-refractivity contribution >= 4 is 5.91 Å². The van der Waals surface area contributed by atoms with E-state index in [4.69, 9.17) is 0 Å². The van der Waals surface area contributed by atoms with Gasteiger partial charge in [0, 0.05) is 25.4 Å². The first-order valence-corrected chi connectivity index (χ1v) is 7.55. The molecule has 24 heavy (non-hydrogen) atoms. The lowest BCUT2D eigenvalue weighted by atomic mass is 10.1. The molecular formula is C16H19N7O. The maximum atomic E-state index is 12.4. The van der Waals surface area contributed by atoms with Crippen molar-refractivity contribution in [2.45, 2.75) is 12.6 Å². The Labute approximate surface area is 139 Å². The minimum atomic E-state index is -0.433. The Morgan fingerprint density at radius 3 is 2.88 bits per heavy atom. The number of hydrogen-bond acceptors (Lipinski definition) is 5. The third-order valence-corrected chi connectivity index (χ3v) is 3.67. The number of hydrogen-bond donors (Lipinski definition) is 2. The van der Waals surface area contributed by atoms with Crippen LogP contribution in [0.15, 0.2) is 49.3 Å². The zero-order valence-corrected chi connectivity index (χ0v) is 13.5. The fourth-order valence-corrected chi connectivity index (χ4v) is 2.48. The molecule has 2 aromatic heterocycles. The van der Waals surface area contributed by atoms with Gasteiger partial charge in [0.1, 0.15) is 18.7 Å². The van der Waals surface area contributed by atoms with Crippen molar-refractivity contribution in [1.29, 1.82) is 0 Å². The normalized spacial score (nSPS) is 12.1. The van der Waals surface area contributed by atoms with Gasteiger partial charge in [-0.05, 0) is 24.7 Å². The summed E-state index contributed by atoms with van der Waals surface area (Å²) >= 11 is 0. The predicted molar refractivity (Wildman–Crippen MR) is 88.2 cm³/mol. The molecule has 8 nitrogen and oxygen atoms in total. The summed E-state index contributed by atoms with van der Waals surface area (Å²) in [6.07, 6.45) is 6.63. The molecular weight excluding hydrogens is 306 g/mol. The molecule has 0 saturated heterocycles. The van der Waals surface area contributed by atoms with E-state index in [9.17, 15) is 4.79 Å². The second-order valence-electron chi connectivity index (χ2n) is 5.40. The molecule has 8 heteroatoms. The first kappa shape index (κ1) is 15.9. The zero-order chi connectivity index (χ0) is 16.9. The van der Waals surface area contributed by atoms with E-state index in [1.54, 1.807) is 28.9 Å². The van der Waals surface area contributed by atoms with Crippen LogP contribution in [0.2, 0.25) is 0 Å². The molecule has 0 radical (unpaired) electrons. The van der Waals surface area contributed by atoms with Crippen LogP contribution in [0.25, 0.3) is 5.69 Å². The first-order chi connectivity index (χ1) is 11.7. The van der Waals surface area contributed by atoms with Crippen LogP contribution in [-0.4, -0.2) is 37.5 Å². The summed E-state index contributed by atoms with van der Waals surface area (Å²) in [4.78, 5) is 16.4. The van der Waals surface area contributed by atoms with Crippen molar-refractivity contribution < 1.29 is 4.79 Å². The Kier molecular flexibility index (Phi) is 4.66. The summed E-state index contributed by atoms with van der Waals surface area (Å²) in [6, 6.07) is 7.35. The van der Waals surface area contributed by atoms with Gasteiger partial charge < -0.3 is 10.6 Å². The number of benzene rings is 1. The summed E-state index contributed by atoms with van der Waals surface area (Å²) in [5.74, 6) is -0.100. The molecule has 0 aliphatic heterocycles. The van der Waals surface area contributed by atoms with Gasteiger partial charge in [-0.2, -0.15) is 10.2 Å². The molecule has 1 aromatic carbocycles. The molecule has 0 bridgehead atoms. The standard InChI is InChI=1S/C16H19N7O/c1-17-15(13-8-20-22(2)9-13)16(24)19-7-12-4-3-5-14(6-12)23-11-18-10-21-23/h3-6,8-11,15,17H,7H2,1-2H3,(H,19,24). The number of nitrogens with one attached hydrogen (secondary N) is 2. The molecule has 2 heterocycles. The lowest BCUT2D eigenvalue weighted by molar-refractivity contribution is -0.123. The molecule has 0 saturated carbocycles. The highest BCUT2D eigenvalue weighted by Gasteiger charge is 2.19. The Morgan fingerprint density at radius 1 is 1.33 bits per heavy atom. The summed E-state index contributed by atoms with van der Waals surface area (Å²) < 4.78 is 3.35. The van der Waals surface area contributed by atoms with Gasteiger partial charge in [0.2, 0.25) is 5.91 Å². The smallest absolute Gasteiger partial charge is 0.242 e. The number of rotatable bonds is 6. The van der Waals surface area contributed by atoms with E-state index in [0.29, 0.717) is 6.54 Å². The Morgan fingerprint density at radius 2 is 2.21 bits per heavy atom. The van der Waals surface area contributed by atoms with Crippen molar-refractivity contribution in [3.8, 4) is 5.69 Å². The monoisotopic (exact) mass is 325 g/mol. The summed E-state index contributed by atoms with van der Waals surface area (Å²) in [5.41, 5.74) is 2.71. The number of nitrogens with zero attached hydrogens (tertiary/aromatic N) is 5. The van der Waals surface area contributed by atoms with E-state index in [1.165, 1.54) is 6.33 Å². The van der Waals surface area contributed by atoms with Gasteiger partial charge in [0.25, 0.3) is 0 Å². The Hall–Kier alpha value is -3.00. The highest BCUT2D eigenvalue weighted by atomic mass is 16.2. The highest BCUT2D eigenvalue weighted by molar-refractivity contribution is 5.83. The van der Waals surface area contributed by atoms with Crippen LogP contribution >= 0.6 is 0 Å². The second-order valence-corrected chi connectivity index (χ2v) is 5.40. The number of likely N-dealkylation sites (N-methyl/N-ethyl adjacent to an activating group) is 1. The Bertz CT molecular complexity index is 809. The molecule has 1 amide bonds. The van der Waals surface area contributed by atoms with Crippen LogP contribution in [0.3, 0.4) is 0 Å². The van der Waals surface area contributed by atoms with Crippen LogP contribution in [0.4, 0.5) is 0 Å². The van der Waals surface area contributed by atoms with E-state index < -0.39 is 6.04 Å². The van der Waals surface area contributed by atoms with Crippen molar-refractivity contribution in [2.75, 3.05) is 7.05 Å². The minimum Gasteiger partial charge on any atom is -0.350 e. The van der Waals surface area contributed by atoms with Gasteiger partial charge in [-0.3, -0.25) is 9.48 Å². The lowest BCUT2D eigenvalue weighted by Gasteiger charge is -2.15. The molecule has 1 atom stereocenters. The fraction of sp³-hybridized carbons (Fsp3) is 0.250. The van der Waals surface area contributed by atoms with E-state index in [2.05, 4.69) is 25.8 Å². The molecule has 0 spiro atoms. The van der Waals surface area contributed by atoms with Crippen LogP contribution in [0.1, 0.15) is 17.2 Å². The molecule has 0 aliphatic rings. The average molecular weight is 325 g/mol. The fourth-order valence-electron chi connectivity index (χ4n) is 2.48. The maximum absolute atomic E-state index is 12.4. The Balaban J connectivity index is 1.66. The molecule has 1 unspecified atom stereocenters. The molecule has 3 rings (SSSR count). The quantitative estimate of drug-likeness (QED) is 0.692. The summed E-state index contributed by atoms with van der Waals surface area (Å²) in [5, 5.41) is 14.2. The number of aryl methyl sites for hydroxylation is 1. The van der Waals surface area contributed by atoms with Crippen molar-refractivity contribution in [3.05, 3.63) is 60.4 Å². The van der Waals surface area contributed by atoms with Crippen molar-refractivity contribution in [2.24, 2.45) is 7.05 Å². The molecule has 0 fully saturated rings. The lowest BCUT2D eigenvalue weighted by Crippen LogP contribution is -2.35. The van der Waals surface area contributed by atoms with E-state index in [1.807, 2.05) is 37.5 Å². The van der Waals surface area contributed by atoms with Crippen LogP contribution < -0.4 is 10.6 Å². The van der Waals surface area contributed by atoms with E-state index in [-0.39, 0.29) is 5.91 Å². The molecule has 2 N–H and O–H groups in total. The number of amides is 1. The van der Waals surface area contributed by atoms with Gasteiger partial charge in [0.05, 0.1) is 11.9 Å². The van der Waals surface area contributed by atoms with Crippen molar-refractivity contribution in [3.63, 3.8) is 0 Å². The van der Waals surface area contributed by atoms with Crippen LogP contribution in [0, 0.1) is 0 Å². The predicted octanol–water partition coefficient (Wildman–Crippen LogP) is 0.578.